The molecule has 2 aromatic carbocycles. The van der Waals surface area contributed by atoms with Crippen LogP contribution in [0.5, 0.6) is 0 Å². The van der Waals surface area contributed by atoms with E-state index in [0.29, 0.717) is 0 Å². The Hall–Kier alpha value is -2.69. The van der Waals surface area contributed by atoms with E-state index < -0.39 is 17.8 Å². The van der Waals surface area contributed by atoms with E-state index in [9.17, 15) is 14.0 Å². The van der Waals surface area contributed by atoms with Gasteiger partial charge in [-0.2, -0.15) is 0 Å². The summed E-state index contributed by atoms with van der Waals surface area (Å²) >= 11 is 0. The molecule has 2 rings (SSSR count). The van der Waals surface area contributed by atoms with Gasteiger partial charge in [-0.05, 0) is 42.5 Å². The Morgan fingerprint density at radius 2 is 1.59 bits per heavy atom. The predicted octanol–water partition coefficient (Wildman–Crippen LogP) is 4.02. The zero-order valence-electron chi connectivity index (χ0n) is 16.3. The number of halogens is 1. The smallest absolute Gasteiger partial charge is 0.254 e. The van der Waals surface area contributed by atoms with Gasteiger partial charge < -0.3 is 10.6 Å². The summed E-state index contributed by atoms with van der Waals surface area (Å²) in [6, 6.07) is 12.8. The van der Waals surface area contributed by atoms with Crippen molar-refractivity contribution < 1.29 is 14.0 Å². The molecule has 2 unspecified atom stereocenters. The highest BCUT2D eigenvalue weighted by atomic mass is 19.1. The van der Waals surface area contributed by atoms with Gasteiger partial charge in [0.05, 0.1) is 11.6 Å². The van der Waals surface area contributed by atoms with Crippen molar-refractivity contribution in [1.29, 1.82) is 0 Å². The lowest BCUT2D eigenvalue weighted by atomic mass is 10.0. The van der Waals surface area contributed by atoms with Crippen LogP contribution in [0.1, 0.15) is 55.2 Å². The van der Waals surface area contributed by atoms with Crippen molar-refractivity contribution in [3.63, 3.8) is 0 Å². The second kappa shape index (κ2) is 9.31. The standard InChI is InChI=1S/C22H27FN2O2/c1-5-16-10-12-17(13-11-16)15(4)24-22(27)20(14(2)3)25-21(26)18-8-6-7-9-19(18)23/h6-15,20H,5H2,1-4H3,(H,24,27)(H,25,26). The molecule has 0 aliphatic rings. The van der Waals surface area contributed by atoms with Crippen molar-refractivity contribution in [2.24, 2.45) is 5.92 Å². The summed E-state index contributed by atoms with van der Waals surface area (Å²) in [6.07, 6.45) is 0.957. The van der Waals surface area contributed by atoms with Crippen molar-refractivity contribution >= 4 is 11.8 Å². The average Bonchev–Trinajstić information content (AvgIpc) is 2.65. The average molecular weight is 370 g/mol. The van der Waals surface area contributed by atoms with E-state index in [4.69, 9.17) is 0 Å². The molecule has 2 aromatic rings. The lowest BCUT2D eigenvalue weighted by Crippen LogP contribution is -2.50. The van der Waals surface area contributed by atoms with E-state index >= 15 is 0 Å². The molecular weight excluding hydrogens is 343 g/mol. The fourth-order valence-corrected chi connectivity index (χ4v) is 2.83. The minimum absolute atomic E-state index is 0.0702. The van der Waals surface area contributed by atoms with Crippen LogP contribution in [0.25, 0.3) is 0 Å². The summed E-state index contributed by atoms with van der Waals surface area (Å²) < 4.78 is 13.8. The largest absolute Gasteiger partial charge is 0.348 e. The predicted molar refractivity (Wildman–Crippen MR) is 105 cm³/mol. The van der Waals surface area contributed by atoms with Crippen molar-refractivity contribution in [1.82, 2.24) is 10.6 Å². The van der Waals surface area contributed by atoms with E-state index in [0.717, 1.165) is 12.0 Å². The van der Waals surface area contributed by atoms with Gasteiger partial charge in [-0.25, -0.2) is 4.39 Å². The first-order chi connectivity index (χ1) is 12.8. The van der Waals surface area contributed by atoms with Crippen LogP contribution >= 0.6 is 0 Å². The fraction of sp³-hybridized carbons (Fsp3) is 0.364. The molecular formula is C22H27FN2O2. The van der Waals surface area contributed by atoms with Gasteiger partial charge in [0.2, 0.25) is 5.91 Å². The summed E-state index contributed by atoms with van der Waals surface area (Å²) in [5, 5.41) is 5.60. The van der Waals surface area contributed by atoms with Gasteiger partial charge in [-0.1, -0.05) is 57.2 Å². The summed E-state index contributed by atoms with van der Waals surface area (Å²) in [5.74, 6) is -1.64. The van der Waals surface area contributed by atoms with Crippen LogP contribution in [0.2, 0.25) is 0 Å². The third-order valence-electron chi connectivity index (χ3n) is 4.60. The maximum Gasteiger partial charge on any atom is 0.254 e. The Morgan fingerprint density at radius 3 is 2.15 bits per heavy atom. The number of amides is 2. The normalized spacial score (nSPS) is 13.1. The van der Waals surface area contributed by atoms with Gasteiger partial charge in [0.15, 0.2) is 0 Å². The zero-order chi connectivity index (χ0) is 20.0. The maximum absolute atomic E-state index is 13.8. The number of rotatable bonds is 7. The molecule has 0 spiro atoms. The minimum Gasteiger partial charge on any atom is -0.348 e. The molecule has 0 saturated carbocycles. The lowest BCUT2D eigenvalue weighted by molar-refractivity contribution is -0.124. The quantitative estimate of drug-likeness (QED) is 0.773. The highest BCUT2D eigenvalue weighted by molar-refractivity contribution is 5.97. The molecule has 0 radical (unpaired) electrons. The number of hydrogen-bond acceptors (Lipinski definition) is 2. The Kier molecular flexibility index (Phi) is 7.11. The number of benzene rings is 2. The third kappa shape index (κ3) is 5.39. The second-order valence-corrected chi connectivity index (χ2v) is 7.00. The first-order valence-electron chi connectivity index (χ1n) is 9.28. The summed E-state index contributed by atoms with van der Waals surface area (Å²) in [4.78, 5) is 25.1. The fourth-order valence-electron chi connectivity index (χ4n) is 2.83. The monoisotopic (exact) mass is 370 g/mol. The number of nitrogens with one attached hydrogen (secondary N) is 2. The summed E-state index contributed by atoms with van der Waals surface area (Å²) in [6.45, 7) is 7.67. The first kappa shape index (κ1) is 20.6. The Morgan fingerprint density at radius 1 is 0.963 bits per heavy atom. The Labute approximate surface area is 160 Å². The zero-order valence-corrected chi connectivity index (χ0v) is 16.3. The van der Waals surface area contributed by atoms with Crippen LogP contribution in [0.4, 0.5) is 4.39 Å². The maximum atomic E-state index is 13.8. The number of hydrogen-bond donors (Lipinski definition) is 2. The van der Waals surface area contributed by atoms with Crippen molar-refractivity contribution in [3.05, 3.63) is 71.0 Å². The summed E-state index contributed by atoms with van der Waals surface area (Å²) in [5.41, 5.74) is 2.15. The third-order valence-corrected chi connectivity index (χ3v) is 4.60. The Balaban J connectivity index is 2.07. The molecule has 4 nitrogen and oxygen atoms in total. The topological polar surface area (TPSA) is 58.2 Å². The van der Waals surface area contributed by atoms with Crippen molar-refractivity contribution in [3.8, 4) is 0 Å². The summed E-state index contributed by atoms with van der Waals surface area (Å²) in [7, 11) is 0. The molecule has 0 aromatic heterocycles. The van der Waals surface area contributed by atoms with Gasteiger partial charge in [0, 0.05) is 0 Å². The van der Waals surface area contributed by atoms with E-state index in [-0.39, 0.29) is 23.4 Å². The molecule has 27 heavy (non-hydrogen) atoms. The van der Waals surface area contributed by atoms with E-state index in [1.165, 1.54) is 23.8 Å². The van der Waals surface area contributed by atoms with Gasteiger partial charge in [-0.15, -0.1) is 0 Å². The number of carbonyl (C=O) groups excluding carboxylic acids is 2. The second-order valence-electron chi connectivity index (χ2n) is 7.00. The lowest BCUT2D eigenvalue weighted by Gasteiger charge is -2.24. The molecule has 5 heteroatoms. The molecule has 0 fully saturated rings. The van der Waals surface area contributed by atoms with Crippen molar-refractivity contribution in [2.75, 3.05) is 0 Å². The molecule has 0 bridgehead atoms. The van der Waals surface area contributed by atoms with Crippen LogP contribution in [0, 0.1) is 11.7 Å². The van der Waals surface area contributed by atoms with E-state index in [1.54, 1.807) is 6.07 Å². The number of carbonyl (C=O) groups is 2. The molecule has 0 saturated heterocycles. The number of aryl methyl sites for hydroxylation is 1. The Bertz CT molecular complexity index is 787. The van der Waals surface area contributed by atoms with Crippen LogP contribution in [0.15, 0.2) is 48.5 Å². The van der Waals surface area contributed by atoms with Crippen molar-refractivity contribution in [2.45, 2.75) is 46.2 Å². The molecule has 0 aliphatic heterocycles. The van der Waals surface area contributed by atoms with Crippen LogP contribution < -0.4 is 10.6 Å². The van der Waals surface area contributed by atoms with E-state index in [2.05, 4.69) is 17.6 Å². The van der Waals surface area contributed by atoms with Crippen LogP contribution in [-0.4, -0.2) is 17.9 Å². The van der Waals surface area contributed by atoms with Gasteiger partial charge in [0.1, 0.15) is 11.9 Å². The van der Waals surface area contributed by atoms with Crippen LogP contribution in [0.3, 0.4) is 0 Å². The molecule has 2 atom stereocenters. The first-order valence-corrected chi connectivity index (χ1v) is 9.28. The van der Waals surface area contributed by atoms with Gasteiger partial charge in [-0.3, -0.25) is 9.59 Å². The van der Waals surface area contributed by atoms with Gasteiger partial charge >= 0.3 is 0 Å². The van der Waals surface area contributed by atoms with Gasteiger partial charge in [0.25, 0.3) is 5.91 Å². The molecule has 0 aliphatic carbocycles. The molecule has 144 valence electrons. The highest BCUT2D eigenvalue weighted by Crippen LogP contribution is 2.15. The highest BCUT2D eigenvalue weighted by Gasteiger charge is 2.26. The minimum atomic E-state index is -0.755. The molecule has 0 heterocycles. The molecule has 2 amide bonds. The molecule has 2 N–H and O–H groups in total. The SMILES string of the molecule is CCc1ccc(C(C)NC(=O)C(NC(=O)c2ccccc2F)C(C)C)cc1. The van der Waals surface area contributed by atoms with Crippen LogP contribution in [-0.2, 0) is 11.2 Å². The van der Waals surface area contributed by atoms with E-state index in [1.807, 2.05) is 45.0 Å².